The van der Waals surface area contributed by atoms with Crippen LogP contribution >= 0.6 is 0 Å². The van der Waals surface area contributed by atoms with Gasteiger partial charge in [0.2, 0.25) is 5.91 Å². The number of carbonyl (C=O) groups is 2. The van der Waals surface area contributed by atoms with Crippen LogP contribution in [0.5, 0.6) is 0 Å². The summed E-state index contributed by atoms with van der Waals surface area (Å²) >= 11 is 0. The summed E-state index contributed by atoms with van der Waals surface area (Å²) in [6.07, 6.45) is 0.680. The number of nitrogens with zero attached hydrogens (tertiary/aromatic N) is 1. The lowest BCUT2D eigenvalue weighted by atomic mass is 9.76. The number of ether oxygens (including phenoxy) is 1. The molecule has 0 aliphatic carbocycles. The summed E-state index contributed by atoms with van der Waals surface area (Å²) in [4.78, 5) is 26.1. The third-order valence-corrected chi connectivity index (χ3v) is 5.05. The summed E-state index contributed by atoms with van der Waals surface area (Å²) in [6, 6.07) is -0.671. The lowest BCUT2D eigenvalue weighted by molar-refractivity contribution is -0.141. The van der Waals surface area contributed by atoms with E-state index >= 15 is 0 Å². The van der Waals surface area contributed by atoms with Crippen LogP contribution in [0.2, 0.25) is 0 Å². The zero-order chi connectivity index (χ0) is 18.6. The third-order valence-electron chi connectivity index (χ3n) is 5.05. The molecule has 2 fully saturated rings. The summed E-state index contributed by atoms with van der Waals surface area (Å²) in [7, 11) is 0. The number of nitrogens with one attached hydrogen (secondary N) is 1. The number of rotatable bonds is 8. The van der Waals surface area contributed by atoms with E-state index in [2.05, 4.69) is 18.8 Å². The molecule has 5 atom stereocenters. The van der Waals surface area contributed by atoms with E-state index in [4.69, 9.17) is 4.74 Å². The van der Waals surface area contributed by atoms with Crippen LogP contribution in [0.15, 0.2) is 12.7 Å². The molecule has 2 aliphatic heterocycles. The van der Waals surface area contributed by atoms with Gasteiger partial charge in [-0.05, 0) is 12.8 Å². The molecule has 0 spiro atoms. The van der Waals surface area contributed by atoms with Gasteiger partial charge in [-0.1, -0.05) is 32.3 Å². The van der Waals surface area contributed by atoms with E-state index in [1.807, 2.05) is 0 Å². The van der Waals surface area contributed by atoms with Gasteiger partial charge in [-0.15, -0.1) is 6.58 Å². The predicted molar refractivity (Wildman–Crippen MR) is 89.4 cm³/mol. The van der Waals surface area contributed by atoms with Crippen molar-refractivity contribution in [2.24, 2.45) is 5.41 Å². The number of imide groups is 1. The molecule has 0 radical (unpaired) electrons. The van der Waals surface area contributed by atoms with Gasteiger partial charge in [-0.3, -0.25) is 15.0 Å². The summed E-state index contributed by atoms with van der Waals surface area (Å²) < 4.78 is 5.46. The predicted octanol–water partition coefficient (Wildman–Crippen LogP) is 0.120. The molecule has 0 saturated carbocycles. The van der Waals surface area contributed by atoms with Gasteiger partial charge in [0, 0.05) is 6.54 Å². The van der Waals surface area contributed by atoms with E-state index in [1.54, 1.807) is 6.08 Å². The molecular formula is C17H28N2O6. The SMILES string of the molecule is C=CCC1(CCCCC)CN([C@@H]2O[C@H](CO)[C@@H](O)[C@H]2O)C(=O)NC1=O. The standard InChI is InChI=1S/C17H28N2O6/c1-3-5-6-8-17(7-4-2)10-19(16(24)18-15(17)23)14-13(22)12(21)11(9-20)25-14/h4,11-14,20-22H,2-3,5-10H2,1H3,(H,18,23,24)/t11-,12-,13-,14-,17?/m1/s1. The zero-order valence-electron chi connectivity index (χ0n) is 14.6. The van der Waals surface area contributed by atoms with Crippen LogP contribution in [-0.2, 0) is 9.53 Å². The zero-order valence-corrected chi connectivity index (χ0v) is 14.6. The molecule has 2 saturated heterocycles. The number of urea groups is 1. The Balaban J connectivity index is 2.22. The lowest BCUT2D eigenvalue weighted by Crippen LogP contribution is -2.64. The lowest BCUT2D eigenvalue weighted by Gasteiger charge is -2.43. The van der Waals surface area contributed by atoms with E-state index in [-0.39, 0.29) is 12.5 Å². The maximum absolute atomic E-state index is 12.5. The molecule has 0 bridgehead atoms. The van der Waals surface area contributed by atoms with Crippen LogP contribution in [-0.4, -0.2) is 69.8 Å². The first kappa shape index (κ1) is 19.8. The van der Waals surface area contributed by atoms with Crippen molar-refractivity contribution in [3.8, 4) is 0 Å². The smallest absolute Gasteiger partial charge is 0.326 e. The van der Waals surface area contributed by atoms with E-state index in [0.29, 0.717) is 12.8 Å². The number of carbonyl (C=O) groups excluding carboxylic acids is 2. The average molecular weight is 356 g/mol. The maximum Gasteiger partial charge on any atom is 0.326 e. The molecule has 0 aromatic rings. The molecule has 2 heterocycles. The topological polar surface area (TPSA) is 119 Å². The fourth-order valence-electron chi connectivity index (χ4n) is 3.56. The molecule has 142 valence electrons. The number of aliphatic hydroxyl groups is 3. The number of allylic oxidation sites excluding steroid dienone is 1. The van der Waals surface area contributed by atoms with E-state index in [0.717, 1.165) is 19.3 Å². The van der Waals surface area contributed by atoms with Crippen LogP contribution in [0.4, 0.5) is 4.79 Å². The first-order chi connectivity index (χ1) is 11.9. The molecule has 0 aromatic carbocycles. The highest BCUT2D eigenvalue weighted by Gasteiger charge is 2.52. The van der Waals surface area contributed by atoms with Gasteiger partial charge >= 0.3 is 6.03 Å². The molecule has 2 rings (SSSR count). The first-order valence-corrected chi connectivity index (χ1v) is 8.75. The second kappa shape index (κ2) is 8.27. The Morgan fingerprint density at radius 2 is 2.08 bits per heavy atom. The van der Waals surface area contributed by atoms with Gasteiger partial charge in [0.15, 0.2) is 6.23 Å². The Kier molecular flexibility index (Phi) is 6.56. The van der Waals surface area contributed by atoms with Gasteiger partial charge in [0.25, 0.3) is 0 Å². The molecule has 2 aliphatic rings. The molecule has 3 amide bonds. The molecule has 0 aromatic heterocycles. The fourth-order valence-corrected chi connectivity index (χ4v) is 3.56. The van der Waals surface area contributed by atoms with Crippen LogP contribution < -0.4 is 5.32 Å². The minimum atomic E-state index is -1.35. The van der Waals surface area contributed by atoms with Crippen molar-refractivity contribution >= 4 is 11.9 Å². The minimum Gasteiger partial charge on any atom is -0.394 e. The quantitative estimate of drug-likeness (QED) is 0.362. The molecule has 8 nitrogen and oxygen atoms in total. The van der Waals surface area contributed by atoms with E-state index in [9.17, 15) is 24.9 Å². The summed E-state index contributed by atoms with van der Waals surface area (Å²) in [5.74, 6) is -0.350. The van der Waals surface area contributed by atoms with Crippen molar-refractivity contribution in [2.75, 3.05) is 13.2 Å². The molecule has 8 heteroatoms. The Hall–Kier alpha value is -1.48. The highest BCUT2D eigenvalue weighted by molar-refractivity contribution is 6.00. The molecule has 25 heavy (non-hydrogen) atoms. The highest BCUT2D eigenvalue weighted by atomic mass is 16.6. The van der Waals surface area contributed by atoms with Gasteiger partial charge in [0.05, 0.1) is 12.0 Å². The number of hydrogen-bond donors (Lipinski definition) is 4. The van der Waals surface area contributed by atoms with Crippen molar-refractivity contribution in [1.82, 2.24) is 10.2 Å². The van der Waals surface area contributed by atoms with Crippen molar-refractivity contribution in [1.29, 1.82) is 0 Å². The van der Waals surface area contributed by atoms with Crippen LogP contribution in [0.1, 0.15) is 39.0 Å². The van der Waals surface area contributed by atoms with Crippen molar-refractivity contribution in [2.45, 2.75) is 63.6 Å². The Morgan fingerprint density at radius 1 is 1.36 bits per heavy atom. The van der Waals surface area contributed by atoms with Gasteiger partial charge in [-0.25, -0.2) is 4.79 Å². The monoisotopic (exact) mass is 356 g/mol. The summed E-state index contributed by atoms with van der Waals surface area (Å²) in [5.41, 5.74) is -0.837. The third kappa shape index (κ3) is 3.87. The van der Waals surface area contributed by atoms with Gasteiger partial charge < -0.3 is 20.1 Å². The first-order valence-electron chi connectivity index (χ1n) is 8.75. The number of amides is 3. The van der Waals surface area contributed by atoms with Crippen molar-refractivity contribution in [3.05, 3.63) is 12.7 Å². The summed E-state index contributed by atoms with van der Waals surface area (Å²) in [5, 5.41) is 31.7. The highest BCUT2D eigenvalue weighted by Crippen LogP contribution is 2.36. The Labute approximate surface area is 147 Å². The van der Waals surface area contributed by atoms with Crippen molar-refractivity contribution in [3.63, 3.8) is 0 Å². The van der Waals surface area contributed by atoms with Crippen molar-refractivity contribution < 1.29 is 29.6 Å². The Bertz CT molecular complexity index is 513. The van der Waals surface area contributed by atoms with E-state index < -0.39 is 42.6 Å². The normalized spacial score (nSPS) is 35.8. The molecule has 1 unspecified atom stereocenters. The van der Waals surface area contributed by atoms with Crippen LogP contribution in [0.25, 0.3) is 0 Å². The molecular weight excluding hydrogens is 328 g/mol. The average Bonchev–Trinajstić information content (AvgIpc) is 2.86. The van der Waals surface area contributed by atoms with Gasteiger partial charge in [-0.2, -0.15) is 0 Å². The fraction of sp³-hybridized carbons (Fsp3) is 0.765. The largest absolute Gasteiger partial charge is 0.394 e. The Morgan fingerprint density at radius 3 is 2.64 bits per heavy atom. The summed E-state index contributed by atoms with van der Waals surface area (Å²) in [6.45, 7) is 5.38. The van der Waals surface area contributed by atoms with Gasteiger partial charge in [0.1, 0.15) is 18.3 Å². The second-order valence-corrected chi connectivity index (χ2v) is 6.85. The second-order valence-electron chi connectivity index (χ2n) is 6.85. The van der Waals surface area contributed by atoms with Crippen LogP contribution in [0, 0.1) is 5.41 Å². The minimum absolute atomic E-state index is 0.0694. The number of unbranched alkanes of at least 4 members (excludes halogenated alkanes) is 2. The van der Waals surface area contributed by atoms with Crippen LogP contribution in [0.3, 0.4) is 0 Å². The number of aliphatic hydroxyl groups excluding tert-OH is 3. The maximum atomic E-state index is 12.5. The number of hydrogen-bond acceptors (Lipinski definition) is 6. The van der Waals surface area contributed by atoms with E-state index in [1.165, 1.54) is 4.90 Å². The molecule has 4 N–H and O–H groups in total.